The number of aromatic nitrogens is 1. The largest absolute Gasteiger partial charge is 0.334 e. The predicted octanol–water partition coefficient (Wildman–Crippen LogP) is 2.49. The third kappa shape index (κ3) is 2.51. The maximum absolute atomic E-state index is 12.3. The topological polar surface area (TPSA) is 59.2 Å². The van der Waals surface area contributed by atoms with Gasteiger partial charge in [0.2, 0.25) is 5.91 Å². The Hall–Kier alpha value is -1.94. The monoisotopic (exact) mass is 283 g/mol. The lowest BCUT2D eigenvalue weighted by molar-refractivity contribution is -0.129. The number of benzene rings is 1. The van der Waals surface area contributed by atoms with E-state index >= 15 is 0 Å². The van der Waals surface area contributed by atoms with Crippen molar-refractivity contribution in [3.63, 3.8) is 0 Å². The number of hydrogen-bond donors (Lipinski definition) is 1. The number of fused-ring (bicyclic) bond motifs is 1. The van der Waals surface area contributed by atoms with E-state index in [9.17, 15) is 4.79 Å². The zero-order chi connectivity index (χ0) is 15.0. The van der Waals surface area contributed by atoms with Gasteiger partial charge in [0.1, 0.15) is 0 Å². The first kappa shape index (κ1) is 14.0. The van der Waals surface area contributed by atoms with Crippen LogP contribution in [-0.4, -0.2) is 28.4 Å². The Kier molecular flexibility index (Phi) is 3.64. The van der Waals surface area contributed by atoms with Crippen LogP contribution in [0, 0.1) is 5.92 Å². The van der Waals surface area contributed by atoms with Gasteiger partial charge in [-0.2, -0.15) is 0 Å². The number of likely N-dealkylation sites (tertiary alicyclic amines) is 1. The van der Waals surface area contributed by atoms with Crippen LogP contribution < -0.4 is 5.73 Å². The molecule has 1 aliphatic heterocycles. The third-order valence-corrected chi connectivity index (χ3v) is 4.05. The van der Waals surface area contributed by atoms with Crippen LogP contribution >= 0.6 is 0 Å². The van der Waals surface area contributed by atoms with Crippen molar-refractivity contribution < 1.29 is 4.79 Å². The Bertz CT molecular complexity index is 663. The van der Waals surface area contributed by atoms with E-state index in [1.807, 2.05) is 35.5 Å². The highest BCUT2D eigenvalue weighted by Crippen LogP contribution is 2.35. The van der Waals surface area contributed by atoms with E-state index in [0.717, 1.165) is 22.9 Å². The van der Waals surface area contributed by atoms with Crippen LogP contribution in [0.3, 0.4) is 0 Å². The minimum Gasteiger partial charge on any atom is -0.334 e. The number of carbonyl (C=O) groups is 1. The third-order valence-electron chi connectivity index (χ3n) is 4.05. The second-order valence-electron chi connectivity index (χ2n) is 6.20. The number of nitrogens with two attached hydrogens (primary N) is 1. The van der Waals surface area contributed by atoms with E-state index in [0.29, 0.717) is 12.3 Å². The van der Waals surface area contributed by atoms with Crippen molar-refractivity contribution in [2.24, 2.45) is 11.7 Å². The molecule has 2 unspecified atom stereocenters. The molecule has 21 heavy (non-hydrogen) atoms. The summed E-state index contributed by atoms with van der Waals surface area (Å²) in [5.74, 6) is 0.568. The van der Waals surface area contributed by atoms with Crippen LogP contribution in [0.5, 0.6) is 0 Å². The molecule has 4 heteroatoms. The molecule has 0 radical (unpaired) electrons. The number of rotatable bonds is 3. The van der Waals surface area contributed by atoms with Crippen LogP contribution in [0.1, 0.15) is 31.9 Å². The minimum absolute atomic E-state index is 0.0708. The van der Waals surface area contributed by atoms with Gasteiger partial charge in [-0.15, -0.1) is 0 Å². The molecule has 2 heterocycles. The molecule has 4 nitrogen and oxygen atoms in total. The number of hydrogen-bond acceptors (Lipinski definition) is 3. The fourth-order valence-electron chi connectivity index (χ4n) is 3.20. The second-order valence-corrected chi connectivity index (χ2v) is 6.20. The predicted molar refractivity (Wildman–Crippen MR) is 83.6 cm³/mol. The summed E-state index contributed by atoms with van der Waals surface area (Å²) in [6.07, 6.45) is 4.13. The molecule has 2 aromatic rings. The lowest BCUT2D eigenvalue weighted by Gasteiger charge is -2.29. The van der Waals surface area contributed by atoms with E-state index in [1.54, 1.807) is 0 Å². The Morgan fingerprint density at radius 3 is 2.86 bits per heavy atom. The van der Waals surface area contributed by atoms with Crippen molar-refractivity contribution >= 4 is 16.7 Å². The Balaban J connectivity index is 2.09. The van der Waals surface area contributed by atoms with Crippen LogP contribution in [0.2, 0.25) is 0 Å². The molecule has 0 spiro atoms. The molecule has 1 aliphatic rings. The van der Waals surface area contributed by atoms with Crippen LogP contribution in [0.25, 0.3) is 10.8 Å². The Morgan fingerprint density at radius 2 is 2.10 bits per heavy atom. The number of nitrogens with zero attached hydrogens (tertiary/aromatic N) is 2. The van der Waals surface area contributed by atoms with Crippen LogP contribution in [0.4, 0.5) is 0 Å². The van der Waals surface area contributed by atoms with Crippen molar-refractivity contribution in [3.8, 4) is 0 Å². The SMILES string of the molecule is CC(C)CN1C(=O)CC(N)C1c1cncc2ccccc12. The van der Waals surface area contributed by atoms with Crippen molar-refractivity contribution in [2.45, 2.75) is 32.4 Å². The van der Waals surface area contributed by atoms with E-state index in [-0.39, 0.29) is 18.0 Å². The van der Waals surface area contributed by atoms with Gasteiger partial charge in [-0.05, 0) is 11.3 Å². The van der Waals surface area contributed by atoms with E-state index in [1.165, 1.54) is 0 Å². The maximum atomic E-state index is 12.3. The quantitative estimate of drug-likeness (QED) is 0.941. The average molecular weight is 283 g/mol. The molecule has 0 bridgehead atoms. The van der Waals surface area contributed by atoms with Gasteiger partial charge in [0.15, 0.2) is 0 Å². The highest BCUT2D eigenvalue weighted by Gasteiger charge is 2.39. The Labute approximate surface area is 125 Å². The van der Waals surface area contributed by atoms with Crippen molar-refractivity contribution in [1.82, 2.24) is 9.88 Å². The van der Waals surface area contributed by atoms with Gasteiger partial charge in [0.05, 0.1) is 6.04 Å². The number of amides is 1. The molecule has 1 aromatic heterocycles. The van der Waals surface area contributed by atoms with Gasteiger partial charge in [0.25, 0.3) is 0 Å². The maximum Gasteiger partial charge on any atom is 0.224 e. The molecule has 1 aromatic carbocycles. The summed E-state index contributed by atoms with van der Waals surface area (Å²) in [5.41, 5.74) is 7.33. The number of pyridine rings is 1. The first-order valence-electron chi connectivity index (χ1n) is 7.45. The zero-order valence-electron chi connectivity index (χ0n) is 12.5. The van der Waals surface area contributed by atoms with Gasteiger partial charge in [-0.25, -0.2) is 0 Å². The molecule has 2 N–H and O–H groups in total. The standard InChI is InChI=1S/C17H21N3O/c1-11(2)10-20-16(21)7-15(18)17(20)14-9-19-8-12-5-3-4-6-13(12)14/h3-6,8-9,11,15,17H,7,10,18H2,1-2H3. The van der Waals surface area contributed by atoms with Crippen molar-refractivity contribution in [1.29, 1.82) is 0 Å². The molecule has 3 rings (SSSR count). The zero-order valence-corrected chi connectivity index (χ0v) is 12.5. The number of carbonyl (C=O) groups excluding carboxylic acids is 1. The summed E-state index contributed by atoms with van der Waals surface area (Å²) < 4.78 is 0. The molecule has 0 aliphatic carbocycles. The molecule has 1 amide bonds. The molecule has 1 saturated heterocycles. The highest BCUT2D eigenvalue weighted by molar-refractivity contribution is 5.87. The van der Waals surface area contributed by atoms with Gasteiger partial charge >= 0.3 is 0 Å². The fourth-order valence-corrected chi connectivity index (χ4v) is 3.20. The summed E-state index contributed by atoms with van der Waals surface area (Å²) in [6, 6.07) is 7.90. The van der Waals surface area contributed by atoms with E-state index < -0.39 is 0 Å². The lowest BCUT2D eigenvalue weighted by atomic mass is 9.97. The summed E-state index contributed by atoms with van der Waals surface area (Å²) in [7, 11) is 0. The molecular weight excluding hydrogens is 262 g/mol. The smallest absolute Gasteiger partial charge is 0.224 e. The van der Waals surface area contributed by atoms with Gasteiger partial charge < -0.3 is 10.6 Å². The first-order chi connectivity index (χ1) is 10.1. The van der Waals surface area contributed by atoms with Crippen LogP contribution in [-0.2, 0) is 4.79 Å². The summed E-state index contributed by atoms with van der Waals surface area (Å²) in [6.45, 7) is 4.98. The van der Waals surface area contributed by atoms with Gasteiger partial charge in [-0.1, -0.05) is 38.1 Å². The Morgan fingerprint density at radius 1 is 1.33 bits per heavy atom. The normalized spacial score (nSPS) is 22.5. The molecule has 110 valence electrons. The fraction of sp³-hybridized carbons (Fsp3) is 0.412. The van der Waals surface area contributed by atoms with Crippen molar-refractivity contribution in [3.05, 3.63) is 42.2 Å². The van der Waals surface area contributed by atoms with Gasteiger partial charge in [0, 0.05) is 42.4 Å². The van der Waals surface area contributed by atoms with Gasteiger partial charge in [-0.3, -0.25) is 9.78 Å². The summed E-state index contributed by atoms with van der Waals surface area (Å²) in [5, 5.41) is 2.22. The molecular formula is C17H21N3O. The summed E-state index contributed by atoms with van der Waals surface area (Å²) in [4.78, 5) is 18.5. The molecule has 2 atom stereocenters. The van der Waals surface area contributed by atoms with Crippen LogP contribution in [0.15, 0.2) is 36.7 Å². The second kappa shape index (κ2) is 5.45. The summed E-state index contributed by atoms with van der Waals surface area (Å²) >= 11 is 0. The van der Waals surface area contributed by atoms with E-state index in [4.69, 9.17) is 5.73 Å². The molecule has 1 fully saturated rings. The first-order valence-corrected chi connectivity index (χ1v) is 7.45. The minimum atomic E-state index is -0.163. The highest BCUT2D eigenvalue weighted by atomic mass is 16.2. The average Bonchev–Trinajstić information content (AvgIpc) is 2.72. The molecule has 0 saturated carbocycles. The van der Waals surface area contributed by atoms with Crippen molar-refractivity contribution in [2.75, 3.05) is 6.54 Å². The lowest BCUT2D eigenvalue weighted by Crippen LogP contribution is -2.35. The van der Waals surface area contributed by atoms with E-state index in [2.05, 4.69) is 24.9 Å².